The van der Waals surface area contributed by atoms with Gasteiger partial charge in [-0.1, -0.05) is 0 Å². The van der Waals surface area contributed by atoms with Gasteiger partial charge in [-0.15, -0.1) is 0 Å². The number of para-hydroxylation sites is 1. The van der Waals surface area contributed by atoms with E-state index in [-0.39, 0.29) is 0 Å². The molecule has 0 atom stereocenters. The van der Waals surface area contributed by atoms with E-state index in [1.165, 1.54) is 0 Å². The normalized spacial score (nSPS) is 9.40. The van der Waals surface area contributed by atoms with E-state index in [1.54, 1.807) is 10.9 Å². The molecule has 0 aliphatic rings. The summed E-state index contributed by atoms with van der Waals surface area (Å²) in [5, 5.41) is 0. The molecule has 0 aliphatic heterocycles. The van der Waals surface area contributed by atoms with Crippen LogP contribution in [0.2, 0.25) is 0 Å². The van der Waals surface area contributed by atoms with Crippen molar-refractivity contribution < 1.29 is 3.50 Å². The molecule has 0 fully saturated rings. The molecular weight excluding hydrogens is 190 g/mol. The van der Waals surface area contributed by atoms with Crippen LogP contribution in [0.1, 0.15) is 0 Å². The second-order valence-corrected chi connectivity index (χ2v) is 4.08. The summed E-state index contributed by atoms with van der Waals surface area (Å²) in [6.45, 7) is 0. The second kappa shape index (κ2) is 3.61. The Hall–Kier alpha value is -0.507. The Morgan fingerprint density at radius 1 is 1.30 bits per heavy atom. The summed E-state index contributed by atoms with van der Waals surface area (Å²) in [5.41, 5.74) is 0.977. The van der Waals surface area contributed by atoms with Crippen LogP contribution in [0.15, 0.2) is 30.3 Å². The third-order valence-corrected chi connectivity index (χ3v) is 2.55. The van der Waals surface area contributed by atoms with Gasteiger partial charge in [-0.05, 0) is 0 Å². The van der Waals surface area contributed by atoms with Gasteiger partial charge in [0.1, 0.15) is 0 Å². The molecule has 0 aromatic heterocycles. The molecule has 1 radical (unpaired) electrons. The van der Waals surface area contributed by atoms with Crippen molar-refractivity contribution in [1.29, 1.82) is 0 Å². The van der Waals surface area contributed by atoms with Gasteiger partial charge >= 0.3 is 66.5 Å². The monoisotopic (exact) mass is 200 g/mol. The van der Waals surface area contributed by atoms with Gasteiger partial charge in [0.15, 0.2) is 0 Å². The molecule has 0 N–H and O–H groups in total. The van der Waals surface area contributed by atoms with E-state index in [9.17, 15) is 3.50 Å². The van der Waals surface area contributed by atoms with E-state index in [2.05, 4.69) is 0 Å². The van der Waals surface area contributed by atoms with Crippen molar-refractivity contribution in [2.45, 2.75) is 0 Å². The maximum absolute atomic E-state index is 12.2. The van der Waals surface area contributed by atoms with Crippen molar-refractivity contribution in [2.24, 2.45) is 0 Å². The molecule has 0 spiro atoms. The quantitative estimate of drug-likeness (QED) is 0.649. The van der Waals surface area contributed by atoms with Crippen LogP contribution in [0, 0.1) is 0 Å². The Balaban J connectivity index is 2.75. The molecule has 0 heterocycles. The molecule has 0 aliphatic carbocycles. The first kappa shape index (κ1) is 7.60. The topological polar surface area (TPSA) is 3.24 Å². The van der Waals surface area contributed by atoms with Crippen molar-refractivity contribution in [1.82, 2.24) is 0 Å². The fourth-order valence-electron chi connectivity index (χ4n) is 0.719. The van der Waals surface area contributed by atoms with Crippen LogP contribution >= 0.6 is 0 Å². The van der Waals surface area contributed by atoms with E-state index < -0.39 is 16.1 Å². The number of hydrogen-bond acceptors (Lipinski definition) is 1. The molecular formula is C7H9FGeN. The average molecular weight is 199 g/mol. The third-order valence-electron chi connectivity index (χ3n) is 1.31. The van der Waals surface area contributed by atoms with Crippen molar-refractivity contribution in [2.75, 3.05) is 10.9 Å². The second-order valence-electron chi connectivity index (χ2n) is 2.04. The summed E-state index contributed by atoms with van der Waals surface area (Å²) >= 11 is -1.66. The first-order valence-electron chi connectivity index (χ1n) is 3.06. The number of rotatable bonds is 2. The van der Waals surface area contributed by atoms with Crippen LogP contribution in [0.3, 0.4) is 0 Å². The predicted octanol–water partition coefficient (Wildman–Crippen LogP) is 1.36. The Morgan fingerprint density at radius 2 is 1.90 bits per heavy atom. The Morgan fingerprint density at radius 3 is 2.40 bits per heavy atom. The number of nitrogens with zero attached hydrogens (tertiary/aromatic N) is 1. The van der Waals surface area contributed by atoms with Gasteiger partial charge in [-0.2, -0.15) is 0 Å². The zero-order chi connectivity index (χ0) is 7.40. The molecule has 1 aromatic rings. The molecule has 1 nitrogen and oxygen atoms in total. The zero-order valence-corrected chi connectivity index (χ0v) is 8.21. The molecule has 0 saturated heterocycles. The van der Waals surface area contributed by atoms with Crippen LogP contribution < -0.4 is 3.86 Å². The molecule has 1 rings (SSSR count). The first-order valence-corrected chi connectivity index (χ1v) is 5.06. The van der Waals surface area contributed by atoms with E-state index in [0.717, 1.165) is 5.69 Å². The minimum absolute atomic E-state index is 0.977. The van der Waals surface area contributed by atoms with Gasteiger partial charge in [0.2, 0.25) is 0 Å². The molecule has 10 heavy (non-hydrogen) atoms. The van der Waals surface area contributed by atoms with Gasteiger partial charge in [-0.3, -0.25) is 0 Å². The fourth-order valence-corrected chi connectivity index (χ4v) is 1.32. The molecule has 0 bridgehead atoms. The summed E-state index contributed by atoms with van der Waals surface area (Å²) < 4.78 is 13.9. The van der Waals surface area contributed by atoms with E-state index in [0.29, 0.717) is 0 Å². The number of anilines is 1. The molecule has 1 aromatic carbocycles. The third kappa shape index (κ3) is 1.74. The zero-order valence-electron chi connectivity index (χ0n) is 5.79. The molecule has 0 unspecified atom stereocenters. The Bertz CT molecular complexity index is 190. The molecule has 53 valence electrons. The number of hydrogen-bond donors (Lipinski definition) is 0. The summed E-state index contributed by atoms with van der Waals surface area (Å²) in [7, 11) is 1.79. The maximum atomic E-state index is 12.2. The van der Waals surface area contributed by atoms with E-state index in [1.807, 2.05) is 30.3 Å². The van der Waals surface area contributed by atoms with Crippen LogP contribution in [-0.2, 0) is 0 Å². The fraction of sp³-hybridized carbons (Fsp3) is 0.143. The van der Waals surface area contributed by atoms with Gasteiger partial charge in [0, 0.05) is 0 Å². The van der Waals surface area contributed by atoms with Crippen LogP contribution in [0.5, 0.6) is 0 Å². The standard InChI is InChI=1S/C7H9FGeN/c1-10(9-8)7-5-3-2-4-6-7/h2-6,9H,1H3. The van der Waals surface area contributed by atoms with Gasteiger partial charge < -0.3 is 0 Å². The summed E-state index contributed by atoms with van der Waals surface area (Å²) in [6.07, 6.45) is 0. The minimum atomic E-state index is -1.66. The van der Waals surface area contributed by atoms with Crippen LogP contribution in [0.4, 0.5) is 9.19 Å². The molecule has 0 saturated carbocycles. The van der Waals surface area contributed by atoms with Gasteiger partial charge in [0.25, 0.3) is 0 Å². The van der Waals surface area contributed by atoms with Crippen LogP contribution in [-0.4, -0.2) is 23.2 Å². The molecule has 3 heteroatoms. The first-order chi connectivity index (χ1) is 4.84. The number of benzene rings is 1. The predicted molar refractivity (Wildman–Crippen MR) is 43.1 cm³/mol. The van der Waals surface area contributed by atoms with Crippen molar-refractivity contribution >= 4 is 21.8 Å². The van der Waals surface area contributed by atoms with E-state index >= 15 is 0 Å². The van der Waals surface area contributed by atoms with Crippen molar-refractivity contribution in [3.8, 4) is 0 Å². The summed E-state index contributed by atoms with van der Waals surface area (Å²) in [4.78, 5) is 0. The molecule has 0 amide bonds. The van der Waals surface area contributed by atoms with Crippen molar-refractivity contribution in [3.63, 3.8) is 0 Å². The summed E-state index contributed by atoms with van der Waals surface area (Å²) in [5.74, 6) is 0. The SMILES string of the molecule is C[N]([GeH][F])c1ccccc1. The van der Waals surface area contributed by atoms with Crippen molar-refractivity contribution in [3.05, 3.63) is 30.3 Å². The van der Waals surface area contributed by atoms with Gasteiger partial charge in [0.05, 0.1) is 0 Å². The van der Waals surface area contributed by atoms with Crippen LogP contribution in [0.25, 0.3) is 0 Å². The van der Waals surface area contributed by atoms with E-state index in [4.69, 9.17) is 0 Å². The summed E-state index contributed by atoms with van der Waals surface area (Å²) in [6, 6.07) is 9.59. The Labute approximate surface area is 67.0 Å². The Kier molecular flexibility index (Phi) is 2.74. The van der Waals surface area contributed by atoms with Gasteiger partial charge in [-0.25, -0.2) is 0 Å². The number of halogens is 1. The average Bonchev–Trinajstić information content (AvgIpc) is 2.05.